The van der Waals surface area contributed by atoms with Gasteiger partial charge in [0.15, 0.2) is 0 Å². The molecule has 1 aliphatic carbocycles. The van der Waals surface area contributed by atoms with Crippen LogP contribution in [0.3, 0.4) is 0 Å². The summed E-state index contributed by atoms with van der Waals surface area (Å²) in [6.07, 6.45) is -32.8. The molecule has 238 valence electrons. The fourth-order valence-electron chi connectivity index (χ4n) is 4.60. The van der Waals surface area contributed by atoms with Crippen LogP contribution in [0.4, 0.5) is 52.7 Å². The van der Waals surface area contributed by atoms with Gasteiger partial charge in [-0.05, 0) is 39.5 Å². The lowest BCUT2D eigenvalue weighted by atomic mass is 9.65. The Kier molecular flexibility index (Phi) is 11.3. The zero-order valence-corrected chi connectivity index (χ0v) is 22.0. The molecule has 1 fully saturated rings. The Morgan fingerprint density at radius 2 is 0.975 bits per heavy atom. The number of methoxy groups -OCH3 is 2. The predicted molar refractivity (Wildman–Crippen MR) is 110 cm³/mol. The van der Waals surface area contributed by atoms with Crippen LogP contribution in [0.1, 0.15) is 46.5 Å². The van der Waals surface area contributed by atoms with Crippen LogP contribution in [0.5, 0.6) is 0 Å². The molecule has 0 amide bonds. The second-order valence-corrected chi connectivity index (χ2v) is 9.93. The molecule has 0 aliphatic heterocycles. The molecule has 1 rings (SSSR count). The molecule has 0 N–H and O–H groups in total. The summed E-state index contributed by atoms with van der Waals surface area (Å²) >= 11 is 0. The molecular weight excluding hydrogens is 588 g/mol. The molecule has 2 unspecified atom stereocenters. The van der Waals surface area contributed by atoms with E-state index < -0.39 is 98.1 Å². The van der Waals surface area contributed by atoms with E-state index >= 15 is 0 Å². The first-order chi connectivity index (χ1) is 17.9. The highest BCUT2D eigenvalue weighted by molar-refractivity contribution is 5.76. The van der Waals surface area contributed by atoms with Crippen LogP contribution in [0.15, 0.2) is 0 Å². The van der Waals surface area contributed by atoms with Crippen LogP contribution >= 0.6 is 0 Å². The Morgan fingerprint density at radius 1 is 0.650 bits per heavy atom. The summed E-state index contributed by atoms with van der Waals surface area (Å²) < 4.78 is 192. The van der Waals surface area contributed by atoms with E-state index in [0.29, 0.717) is 14.2 Å². The first-order valence-electron chi connectivity index (χ1n) is 11.6. The SMILES string of the molecule is CCC(C)(C)C(=O)OC1CC(C(OCOC)(C(F)(F)F)C(F)(F)F)CC(C(OCOC)(C(F)(F)F)C(F)(F)F)C1. The molecule has 0 aromatic carbocycles. The normalized spacial score (nSPS) is 22.4. The van der Waals surface area contributed by atoms with E-state index in [4.69, 9.17) is 4.74 Å². The largest absolute Gasteiger partial charge is 0.462 e. The maximum atomic E-state index is 14.2. The minimum Gasteiger partial charge on any atom is -0.462 e. The second kappa shape index (κ2) is 12.4. The summed E-state index contributed by atoms with van der Waals surface area (Å²) in [7, 11) is 1.30. The van der Waals surface area contributed by atoms with Crippen molar-refractivity contribution in [2.45, 2.75) is 88.5 Å². The van der Waals surface area contributed by atoms with Crippen molar-refractivity contribution in [2.24, 2.45) is 17.3 Å². The Bertz CT molecular complexity index is 754. The average Bonchev–Trinajstić information content (AvgIpc) is 2.76. The van der Waals surface area contributed by atoms with Crippen molar-refractivity contribution in [1.29, 1.82) is 0 Å². The predicted octanol–water partition coefficient (Wildman–Crippen LogP) is 6.72. The van der Waals surface area contributed by atoms with Crippen molar-refractivity contribution in [2.75, 3.05) is 27.8 Å². The zero-order chi connectivity index (χ0) is 31.6. The van der Waals surface area contributed by atoms with Gasteiger partial charge in [0, 0.05) is 26.1 Å². The van der Waals surface area contributed by atoms with Crippen molar-refractivity contribution in [3.63, 3.8) is 0 Å². The van der Waals surface area contributed by atoms with Gasteiger partial charge < -0.3 is 23.7 Å². The van der Waals surface area contributed by atoms with Crippen molar-refractivity contribution in [1.82, 2.24) is 0 Å². The molecule has 0 spiro atoms. The van der Waals surface area contributed by atoms with Crippen LogP contribution in [0, 0.1) is 17.3 Å². The molecule has 0 aromatic heterocycles. The van der Waals surface area contributed by atoms with Gasteiger partial charge in [0.25, 0.3) is 11.2 Å². The van der Waals surface area contributed by atoms with E-state index in [1.807, 2.05) is 0 Å². The van der Waals surface area contributed by atoms with Gasteiger partial charge in [0.05, 0.1) is 5.41 Å². The van der Waals surface area contributed by atoms with E-state index in [2.05, 4.69) is 18.9 Å². The highest BCUT2D eigenvalue weighted by atomic mass is 19.4. The topological polar surface area (TPSA) is 63.2 Å². The highest BCUT2D eigenvalue weighted by Crippen LogP contribution is 2.60. The number of carbonyl (C=O) groups is 1. The number of rotatable bonds is 11. The van der Waals surface area contributed by atoms with Gasteiger partial charge in [-0.25, -0.2) is 0 Å². The summed E-state index contributed by atoms with van der Waals surface area (Å²) in [4.78, 5) is 12.6. The minimum atomic E-state index is -6.42. The molecule has 1 aliphatic rings. The van der Waals surface area contributed by atoms with Gasteiger partial charge in [-0.1, -0.05) is 6.92 Å². The van der Waals surface area contributed by atoms with Gasteiger partial charge in [0.1, 0.15) is 19.7 Å². The molecule has 0 heterocycles. The number of alkyl halides is 12. The number of carbonyl (C=O) groups excluding carboxylic acids is 1. The first-order valence-corrected chi connectivity index (χ1v) is 11.6. The third kappa shape index (κ3) is 6.91. The third-order valence-electron chi connectivity index (χ3n) is 7.02. The Labute approximate surface area is 221 Å². The molecule has 0 bridgehead atoms. The Balaban J connectivity index is 3.98. The fraction of sp³-hybridized carbons (Fsp3) is 0.955. The third-order valence-corrected chi connectivity index (χ3v) is 7.02. The van der Waals surface area contributed by atoms with Gasteiger partial charge >= 0.3 is 30.7 Å². The van der Waals surface area contributed by atoms with Crippen LogP contribution in [0.2, 0.25) is 0 Å². The van der Waals surface area contributed by atoms with E-state index in [1.54, 1.807) is 0 Å². The van der Waals surface area contributed by atoms with Gasteiger partial charge in [-0.3, -0.25) is 4.79 Å². The summed E-state index contributed by atoms with van der Waals surface area (Å²) in [5.41, 5.74) is -12.0. The lowest BCUT2D eigenvalue weighted by Gasteiger charge is -2.51. The van der Waals surface area contributed by atoms with Crippen LogP contribution < -0.4 is 0 Å². The highest BCUT2D eigenvalue weighted by Gasteiger charge is 2.80. The van der Waals surface area contributed by atoms with E-state index in [-0.39, 0.29) is 6.42 Å². The van der Waals surface area contributed by atoms with Gasteiger partial charge in [-0.15, -0.1) is 0 Å². The van der Waals surface area contributed by atoms with Crippen molar-refractivity contribution >= 4 is 5.97 Å². The van der Waals surface area contributed by atoms with E-state index in [0.717, 1.165) is 0 Å². The Morgan fingerprint density at radius 3 is 1.23 bits per heavy atom. The van der Waals surface area contributed by atoms with E-state index in [9.17, 15) is 57.5 Å². The quantitative estimate of drug-likeness (QED) is 0.146. The minimum absolute atomic E-state index is 0.00336. The lowest BCUT2D eigenvalue weighted by Crippen LogP contribution is -2.69. The number of esters is 1. The summed E-state index contributed by atoms with van der Waals surface area (Å²) in [5, 5.41) is 0. The smallest absolute Gasteiger partial charge is 0.426 e. The van der Waals surface area contributed by atoms with Gasteiger partial charge in [-0.2, -0.15) is 52.7 Å². The molecule has 18 heteroatoms. The van der Waals surface area contributed by atoms with E-state index in [1.165, 1.54) is 20.8 Å². The second-order valence-electron chi connectivity index (χ2n) is 9.93. The maximum absolute atomic E-state index is 14.2. The Hall–Kier alpha value is -1.53. The summed E-state index contributed by atoms with van der Waals surface area (Å²) in [5.74, 6) is -7.59. The zero-order valence-electron chi connectivity index (χ0n) is 22.0. The molecule has 0 radical (unpaired) electrons. The molecule has 2 atom stereocenters. The average molecular weight is 618 g/mol. The van der Waals surface area contributed by atoms with Crippen molar-refractivity contribution < 1.29 is 81.2 Å². The summed E-state index contributed by atoms with van der Waals surface area (Å²) in [6, 6.07) is 0. The number of ether oxygens (including phenoxy) is 5. The van der Waals surface area contributed by atoms with Crippen molar-refractivity contribution in [3.05, 3.63) is 0 Å². The van der Waals surface area contributed by atoms with Gasteiger partial charge in [0.2, 0.25) is 0 Å². The molecule has 40 heavy (non-hydrogen) atoms. The monoisotopic (exact) mass is 618 g/mol. The molecule has 0 saturated heterocycles. The summed E-state index contributed by atoms with van der Waals surface area (Å²) in [6.45, 7) is 0.584. The number of hydrogen-bond donors (Lipinski definition) is 0. The number of hydrogen-bond acceptors (Lipinski definition) is 6. The molecule has 6 nitrogen and oxygen atoms in total. The van der Waals surface area contributed by atoms with Crippen LogP contribution in [-0.2, 0) is 28.5 Å². The molecular formula is C22H30F12O6. The van der Waals surface area contributed by atoms with Crippen LogP contribution in [-0.4, -0.2) is 75.8 Å². The number of halogens is 12. The maximum Gasteiger partial charge on any atom is 0.426 e. The fourth-order valence-corrected chi connectivity index (χ4v) is 4.60. The lowest BCUT2D eigenvalue weighted by molar-refractivity contribution is -0.427. The molecule has 0 aromatic rings. The first kappa shape index (κ1) is 36.5. The molecule has 1 saturated carbocycles. The van der Waals surface area contributed by atoms with Crippen LogP contribution in [0.25, 0.3) is 0 Å². The van der Waals surface area contributed by atoms with Crippen molar-refractivity contribution in [3.8, 4) is 0 Å². The standard InChI is InChI=1S/C22H30F12O6/c1-6-16(2,3)15(35)40-14-8-12(17(19(23,24)25,20(26,27)28)38-10-36-4)7-13(9-14)18(21(29,30)31,22(32,33)34)39-11-37-5/h12-14H,6-11H2,1-5H3.